The molecule has 0 fully saturated rings. The van der Waals surface area contributed by atoms with E-state index in [-0.39, 0.29) is 0 Å². The van der Waals surface area contributed by atoms with Gasteiger partial charge in [-0.05, 0) is 24.3 Å². The zero-order chi connectivity index (χ0) is 10.7. The molecule has 15 heavy (non-hydrogen) atoms. The Morgan fingerprint density at radius 2 is 1.07 bits per heavy atom. The van der Waals surface area contributed by atoms with E-state index in [1.54, 1.807) is 60.7 Å². The molecule has 0 amide bonds. The molecule has 0 aromatic heterocycles. The number of hydrogen-bond acceptors (Lipinski definition) is 1. The standard InChI is InChI=1S/C12H11FOS/c13-15(14,11-7-3-1-4-8-11)12-9-5-2-6-10-12/h1-10,14H. The fraction of sp³-hybridized carbons (Fsp3) is 0. The quantitative estimate of drug-likeness (QED) is 0.804. The van der Waals surface area contributed by atoms with Crippen LogP contribution in [0.4, 0.5) is 3.89 Å². The van der Waals surface area contributed by atoms with E-state index in [2.05, 4.69) is 0 Å². The van der Waals surface area contributed by atoms with Crippen LogP contribution in [-0.4, -0.2) is 4.55 Å². The predicted molar refractivity (Wildman–Crippen MR) is 60.7 cm³/mol. The molecule has 3 heteroatoms. The second-order valence-electron chi connectivity index (χ2n) is 3.13. The van der Waals surface area contributed by atoms with Crippen LogP contribution in [0.25, 0.3) is 0 Å². The Labute approximate surface area is 90.0 Å². The molecule has 0 heterocycles. The summed E-state index contributed by atoms with van der Waals surface area (Å²) in [4.78, 5) is 0.660. The Morgan fingerprint density at radius 1 is 0.733 bits per heavy atom. The highest BCUT2D eigenvalue weighted by Crippen LogP contribution is 2.60. The van der Waals surface area contributed by atoms with E-state index >= 15 is 0 Å². The number of hydrogen-bond donors (Lipinski definition) is 1. The van der Waals surface area contributed by atoms with Gasteiger partial charge in [0.15, 0.2) is 0 Å². The Kier molecular flexibility index (Phi) is 2.75. The van der Waals surface area contributed by atoms with Crippen LogP contribution in [0.5, 0.6) is 0 Å². The summed E-state index contributed by atoms with van der Waals surface area (Å²) in [6.07, 6.45) is 0. The summed E-state index contributed by atoms with van der Waals surface area (Å²) >= 11 is 0. The average molecular weight is 222 g/mol. The lowest BCUT2D eigenvalue weighted by atomic mass is 10.4. The van der Waals surface area contributed by atoms with Gasteiger partial charge >= 0.3 is 0 Å². The first kappa shape index (κ1) is 10.2. The number of halogens is 1. The summed E-state index contributed by atoms with van der Waals surface area (Å²) in [6, 6.07) is 16.9. The van der Waals surface area contributed by atoms with Crippen molar-refractivity contribution >= 4 is 10.7 Å². The fourth-order valence-electron chi connectivity index (χ4n) is 1.34. The molecule has 2 aromatic carbocycles. The van der Waals surface area contributed by atoms with Gasteiger partial charge in [-0.15, -0.1) is 0 Å². The smallest absolute Gasteiger partial charge is 0.0687 e. The third kappa shape index (κ3) is 2.03. The van der Waals surface area contributed by atoms with E-state index in [0.717, 1.165) is 0 Å². The van der Waals surface area contributed by atoms with E-state index in [1.807, 2.05) is 0 Å². The largest absolute Gasteiger partial charge is 0.317 e. The number of rotatable bonds is 2. The molecular weight excluding hydrogens is 211 g/mol. The van der Waals surface area contributed by atoms with Crippen LogP contribution in [0.2, 0.25) is 0 Å². The zero-order valence-electron chi connectivity index (χ0n) is 8.01. The molecule has 0 atom stereocenters. The molecule has 0 bridgehead atoms. The molecule has 0 saturated carbocycles. The van der Waals surface area contributed by atoms with Gasteiger partial charge in [0.1, 0.15) is 0 Å². The van der Waals surface area contributed by atoms with Crippen LogP contribution in [0.1, 0.15) is 0 Å². The summed E-state index contributed by atoms with van der Waals surface area (Å²) in [5.41, 5.74) is 0. The van der Waals surface area contributed by atoms with Crippen LogP contribution < -0.4 is 0 Å². The fourth-order valence-corrected chi connectivity index (χ4v) is 2.65. The van der Waals surface area contributed by atoms with Crippen molar-refractivity contribution in [3.05, 3.63) is 60.7 Å². The normalized spacial score (nSPS) is 12.4. The highest BCUT2D eigenvalue weighted by Gasteiger charge is 2.24. The van der Waals surface area contributed by atoms with Crippen molar-refractivity contribution in [1.29, 1.82) is 0 Å². The second kappa shape index (κ2) is 4.04. The van der Waals surface area contributed by atoms with Crippen LogP contribution in [0, 0.1) is 0 Å². The lowest BCUT2D eigenvalue weighted by Gasteiger charge is -2.24. The first-order valence-electron chi connectivity index (χ1n) is 4.57. The summed E-state index contributed by atoms with van der Waals surface area (Å²) in [5.74, 6) is 0. The maximum absolute atomic E-state index is 14.2. The second-order valence-corrected chi connectivity index (χ2v) is 5.09. The molecule has 0 aliphatic rings. The van der Waals surface area contributed by atoms with Gasteiger partial charge < -0.3 is 4.55 Å². The Hall–Kier alpha value is -1.32. The van der Waals surface area contributed by atoms with E-state index < -0.39 is 10.7 Å². The molecule has 1 N–H and O–H groups in total. The molecule has 78 valence electrons. The molecule has 0 radical (unpaired) electrons. The minimum atomic E-state index is -3.34. The maximum Gasteiger partial charge on any atom is 0.0687 e. The zero-order valence-corrected chi connectivity index (χ0v) is 8.82. The molecule has 2 aromatic rings. The third-order valence-electron chi connectivity index (χ3n) is 2.11. The summed E-state index contributed by atoms with van der Waals surface area (Å²) in [6.45, 7) is 0. The molecule has 1 nitrogen and oxygen atoms in total. The molecular formula is C12H11FOS. The molecule has 0 unspecified atom stereocenters. The minimum absolute atomic E-state index is 0.330. The number of benzene rings is 2. The Balaban J connectivity index is 2.44. The van der Waals surface area contributed by atoms with Crippen molar-refractivity contribution in [3.63, 3.8) is 0 Å². The maximum atomic E-state index is 14.2. The van der Waals surface area contributed by atoms with Crippen molar-refractivity contribution in [2.75, 3.05) is 0 Å². The lowest BCUT2D eigenvalue weighted by Crippen LogP contribution is -1.93. The highest BCUT2D eigenvalue weighted by molar-refractivity contribution is 8.24. The van der Waals surface area contributed by atoms with Gasteiger partial charge in [0.2, 0.25) is 0 Å². The van der Waals surface area contributed by atoms with E-state index in [4.69, 9.17) is 0 Å². The SMILES string of the molecule is OS(F)(c1ccccc1)c1ccccc1. The van der Waals surface area contributed by atoms with Crippen LogP contribution in [-0.2, 0) is 0 Å². The summed E-state index contributed by atoms with van der Waals surface area (Å²) in [7, 11) is -3.34. The van der Waals surface area contributed by atoms with Crippen LogP contribution >= 0.6 is 10.7 Å². The van der Waals surface area contributed by atoms with Gasteiger partial charge in [-0.3, -0.25) is 0 Å². The molecule has 0 aliphatic carbocycles. The van der Waals surface area contributed by atoms with Gasteiger partial charge in [-0.1, -0.05) is 36.4 Å². The third-order valence-corrected chi connectivity index (χ3v) is 3.90. The minimum Gasteiger partial charge on any atom is -0.317 e. The predicted octanol–water partition coefficient (Wildman–Crippen LogP) is 4.27. The first-order valence-corrected chi connectivity index (χ1v) is 6.06. The van der Waals surface area contributed by atoms with E-state index in [1.165, 1.54) is 0 Å². The molecule has 0 saturated heterocycles. The first-order chi connectivity index (χ1) is 7.21. The van der Waals surface area contributed by atoms with Crippen LogP contribution in [0.3, 0.4) is 0 Å². The van der Waals surface area contributed by atoms with Gasteiger partial charge in [0, 0.05) is 9.79 Å². The topological polar surface area (TPSA) is 20.2 Å². The molecule has 0 aliphatic heterocycles. The monoisotopic (exact) mass is 222 g/mol. The van der Waals surface area contributed by atoms with Crippen LogP contribution in [0.15, 0.2) is 70.5 Å². The Morgan fingerprint density at radius 3 is 1.40 bits per heavy atom. The van der Waals surface area contributed by atoms with Gasteiger partial charge in [0.25, 0.3) is 0 Å². The molecule has 0 spiro atoms. The summed E-state index contributed by atoms with van der Waals surface area (Å²) in [5, 5.41) is 0. The van der Waals surface area contributed by atoms with Crippen molar-refractivity contribution in [1.82, 2.24) is 0 Å². The van der Waals surface area contributed by atoms with E-state index in [0.29, 0.717) is 9.79 Å². The van der Waals surface area contributed by atoms with Crippen molar-refractivity contribution in [2.45, 2.75) is 9.79 Å². The lowest BCUT2D eigenvalue weighted by molar-refractivity contribution is 0.569. The van der Waals surface area contributed by atoms with Gasteiger partial charge in [-0.25, -0.2) is 0 Å². The molecule has 2 rings (SSSR count). The van der Waals surface area contributed by atoms with Crippen molar-refractivity contribution in [3.8, 4) is 0 Å². The highest BCUT2D eigenvalue weighted by atomic mass is 32.3. The Bertz CT molecular complexity index is 386. The van der Waals surface area contributed by atoms with E-state index in [9.17, 15) is 8.44 Å². The van der Waals surface area contributed by atoms with Gasteiger partial charge in [0.05, 0.1) is 10.7 Å². The average Bonchev–Trinajstić information content (AvgIpc) is 2.31. The van der Waals surface area contributed by atoms with Crippen molar-refractivity contribution in [2.24, 2.45) is 0 Å². The van der Waals surface area contributed by atoms with Crippen molar-refractivity contribution < 1.29 is 8.44 Å². The summed E-state index contributed by atoms with van der Waals surface area (Å²) < 4.78 is 24.1. The van der Waals surface area contributed by atoms with Gasteiger partial charge in [-0.2, -0.15) is 3.89 Å².